The van der Waals surface area contributed by atoms with Crippen molar-refractivity contribution in [3.8, 4) is 11.1 Å². The largest absolute Gasteiger partial charge is 0.325 e. The third kappa shape index (κ3) is 9.09. The fourth-order valence-corrected chi connectivity index (χ4v) is 6.47. The lowest BCUT2D eigenvalue weighted by atomic mass is 10.0. The van der Waals surface area contributed by atoms with Gasteiger partial charge in [0.2, 0.25) is 5.91 Å². The Labute approximate surface area is 302 Å². The number of rotatable bonds is 11. The Morgan fingerprint density at radius 1 is 0.608 bits per heavy atom. The van der Waals surface area contributed by atoms with Gasteiger partial charge in [-0.1, -0.05) is 115 Å². The number of benzene rings is 6. The molecule has 6 nitrogen and oxygen atoms in total. The highest BCUT2D eigenvalue weighted by Crippen LogP contribution is 2.37. The van der Waals surface area contributed by atoms with Crippen molar-refractivity contribution >= 4 is 46.9 Å². The molecule has 1 unspecified atom stereocenters. The van der Waals surface area contributed by atoms with Crippen LogP contribution >= 0.6 is 11.8 Å². The quantitative estimate of drug-likeness (QED) is 0.0935. The molecular weight excluding hydrogens is 651 g/mol. The summed E-state index contributed by atoms with van der Waals surface area (Å²) in [7, 11) is 0. The predicted octanol–water partition coefficient (Wildman–Crippen LogP) is 9.85. The van der Waals surface area contributed by atoms with Crippen LogP contribution in [0.4, 0.5) is 11.4 Å². The zero-order valence-corrected chi connectivity index (χ0v) is 29.1. The number of anilines is 2. The molecule has 51 heavy (non-hydrogen) atoms. The Morgan fingerprint density at radius 3 is 1.88 bits per heavy atom. The van der Waals surface area contributed by atoms with Crippen molar-refractivity contribution in [3.05, 3.63) is 191 Å². The molecule has 0 heterocycles. The standard InChI is InChI=1S/C44H37N3O3S/c1-30-13-12-20-39(31(30)2)46-44(50)41(35-16-8-4-9-17-35)51-38-27-25-37(26-28-38)45-43(49)40(47-42(48)36-18-10-5-11-19-36)29-32-21-23-34(24-22-32)33-14-6-3-7-15-33/h3-29,41H,1-2H3,(H,45,49)(H,46,50)(H,47,48)/b40-29-. The highest BCUT2D eigenvalue weighted by molar-refractivity contribution is 8.00. The van der Waals surface area contributed by atoms with Crippen molar-refractivity contribution in [3.63, 3.8) is 0 Å². The van der Waals surface area contributed by atoms with Gasteiger partial charge >= 0.3 is 0 Å². The molecule has 0 aliphatic rings. The van der Waals surface area contributed by atoms with Gasteiger partial charge in [-0.15, -0.1) is 11.8 Å². The molecule has 0 aliphatic carbocycles. The van der Waals surface area contributed by atoms with Crippen LogP contribution in [0.3, 0.4) is 0 Å². The third-order valence-corrected chi connectivity index (χ3v) is 9.69. The normalized spacial score (nSPS) is 11.7. The number of nitrogens with one attached hydrogen (secondary N) is 3. The van der Waals surface area contributed by atoms with Crippen molar-refractivity contribution in [2.24, 2.45) is 0 Å². The van der Waals surface area contributed by atoms with Gasteiger partial charge in [0.15, 0.2) is 0 Å². The molecule has 7 heteroatoms. The molecule has 0 aromatic heterocycles. The van der Waals surface area contributed by atoms with Crippen LogP contribution in [-0.4, -0.2) is 17.7 Å². The number of carbonyl (C=O) groups is 3. The lowest BCUT2D eigenvalue weighted by molar-refractivity contribution is -0.116. The monoisotopic (exact) mass is 687 g/mol. The fourth-order valence-electron chi connectivity index (χ4n) is 5.45. The fraction of sp³-hybridized carbons (Fsp3) is 0.0682. The molecule has 6 aromatic carbocycles. The summed E-state index contributed by atoms with van der Waals surface area (Å²) in [5, 5.41) is 8.34. The molecule has 0 saturated heterocycles. The van der Waals surface area contributed by atoms with Gasteiger partial charge in [-0.25, -0.2) is 0 Å². The van der Waals surface area contributed by atoms with E-state index in [2.05, 4.69) is 16.0 Å². The van der Waals surface area contributed by atoms with Crippen molar-refractivity contribution in [2.45, 2.75) is 24.0 Å². The van der Waals surface area contributed by atoms with Crippen LogP contribution in [0.15, 0.2) is 168 Å². The number of hydrogen-bond acceptors (Lipinski definition) is 4. The first-order valence-corrected chi connectivity index (χ1v) is 17.5. The molecule has 6 aromatic rings. The second-order valence-corrected chi connectivity index (χ2v) is 13.2. The third-order valence-electron chi connectivity index (χ3n) is 8.43. The summed E-state index contributed by atoms with van der Waals surface area (Å²) in [6, 6.07) is 49.4. The van der Waals surface area contributed by atoms with E-state index in [1.54, 1.807) is 42.5 Å². The van der Waals surface area contributed by atoms with E-state index >= 15 is 0 Å². The molecular formula is C44H37N3O3S. The van der Waals surface area contributed by atoms with E-state index in [1.165, 1.54) is 11.8 Å². The average molecular weight is 688 g/mol. The maximum atomic E-state index is 13.7. The SMILES string of the molecule is Cc1cccc(NC(=O)C(Sc2ccc(NC(=O)/C(=C/c3ccc(-c4ccccc4)cc3)NC(=O)c3ccccc3)cc2)c2ccccc2)c1C. The Bertz CT molecular complexity index is 2150. The predicted molar refractivity (Wildman–Crippen MR) is 208 cm³/mol. The van der Waals surface area contributed by atoms with Gasteiger partial charge < -0.3 is 16.0 Å². The zero-order chi connectivity index (χ0) is 35.6. The van der Waals surface area contributed by atoms with E-state index in [9.17, 15) is 14.4 Å². The van der Waals surface area contributed by atoms with Gasteiger partial charge in [-0.3, -0.25) is 14.4 Å². The topological polar surface area (TPSA) is 87.3 Å². The maximum Gasteiger partial charge on any atom is 0.272 e. The highest BCUT2D eigenvalue weighted by atomic mass is 32.2. The lowest BCUT2D eigenvalue weighted by Gasteiger charge is -2.19. The van der Waals surface area contributed by atoms with Gasteiger partial charge in [-0.2, -0.15) is 0 Å². The maximum absolute atomic E-state index is 13.7. The second-order valence-electron chi connectivity index (χ2n) is 12.0. The first kappa shape index (κ1) is 34.7. The van der Waals surface area contributed by atoms with Crippen LogP contribution in [0.1, 0.15) is 37.9 Å². The van der Waals surface area contributed by atoms with Gasteiger partial charge in [0, 0.05) is 21.8 Å². The molecule has 3 amide bonds. The smallest absolute Gasteiger partial charge is 0.272 e. The molecule has 252 valence electrons. The molecule has 0 spiro atoms. The van der Waals surface area contributed by atoms with Crippen LogP contribution in [0, 0.1) is 13.8 Å². The molecule has 1 atom stereocenters. The Kier molecular flexibility index (Phi) is 11.2. The van der Waals surface area contributed by atoms with Gasteiger partial charge in [-0.05, 0) is 95.8 Å². The van der Waals surface area contributed by atoms with Gasteiger partial charge in [0.1, 0.15) is 10.9 Å². The second kappa shape index (κ2) is 16.5. The number of hydrogen-bond donors (Lipinski definition) is 3. The molecule has 3 N–H and O–H groups in total. The zero-order valence-electron chi connectivity index (χ0n) is 28.3. The minimum absolute atomic E-state index is 0.0991. The van der Waals surface area contributed by atoms with E-state index in [-0.39, 0.29) is 11.6 Å². The van der Waals surface area contributed by atoms with Crippen LogP contribution in [0.25, 0.3) is 17.2 Å². The van der Waals surface area contributed by atoms with Crippen LogP contribution < -0.4 is 16.0 Å². The highest BCUT2D eigenvalue weighted by Gasteiger charge is 2.23. The Balaban J connectivity index is 1.20. The van der Waals surface area contributed by atoms with E-state index in [1.807, 2.05) is 135 Å². The minimum atomic E-state index is -0.512. The molecule has 6 rings (SSSR count). The molecule has 0 bridgehead atoms. The van der Waals surface area contributed by atoms with Crippen molar-refractivity contribution < 1.29 is 14.4 Å². The van der Waals surface area contributed by atoms with E-state index in [4.69, 9.17) is 0 Å². The molecule has 0 aliphatic heterocycles. The first-order chi connectivity index (χ1) is 24.8. The number of aryl methyl sites for hydroxylation is 1. The van der Waals surface area contributed by atoms with E-state index in [0.717, 1.165) is 44.0 Å². The van der Waals surface area contributed by atoms with E-state index < -0.39 is 17.1 Å². The summed E-state index contributed by atoms with van der Waals surface area (Å²) in [6.45, 7) is 4.02. The first-order valence-electron chi connectivity index (χ1n) is 16.6. The van der Waals surface area contributed by atoms with Crippen LogP contribution in [0.2, 0.25) is 0 Å². The van der Waals surface area contributed by atoms with Crippen LogP contribution in [0.5, 0.6) is 0 Å². The van der Waals surface area contributed by atoms with Crippen molar-refractivity contribution in [2.75, 3.05) is 10.6 Å². The average Bonchev–Trinajstić information content (AvgIpc) is 3.17. The Hall–Kier alpha value is -6.18. The summed E-state index contributed by atoms with van der Waals surface area (Å²) < 4.78 is 0. The van der Waals surface area contributed by atoms with Gasteiger partial charge in [0.25, 0.3) is 11.8 Å². The summed E-state index contributed by atoms with van der Waals surface area (Å²) >= 11 is 1.43. The van der Waals surface area contributed by atoms with Crippen molar-refractivity contribution in [1.82, 2.24) is 5.32 Å². The molecule has 0 fully saturated rings. The summed E-state index contributed by atoms with van der Waals surface area (Å²) in [6.07, 6.45) is 1.66. The van der Waals surface area contributed by atoms with Gasteiger partial charge in [0.05, 0.1) is 0 Å². The summed E-state index contributed by atoms with van der Waals surface area (Å²) in [5.41, 5.74) is 7.76. The lowest BCUT2D eigenvalue weighted by Crippen LogP contribution is -2.30. The van der Waals surface area contributed by atoms with Crippen LogP contribution in [-0.2, 0) is 9.59 Å². The van der Waals surface area contributed by atoms with Crippen molar-refractivity contribution in [1.29, 1.82) is 0 Å². The summed E-state index contributed by atoms with van der Waals surface area (Å²) in [4.78, 5) is 41.3. The Morgan fingerprint density at radius 2 is 1.22 bits per heavy atom. The molecule has 0 saturated carbocycles. The summed E-state index contributed by atoms with van der Waals surface area (Å²) in [5.74, 6) is -0.990. The number of amides is 3. The van der Waals surface area contributed by atoms with E-state index in [0.29, 0.717) is 11.3 Å². The number of thioether (sulfide) groups is 1. The minimum Gasteiger partial charge on any atom is -0.325 e. The molecule has 0 radical (unpaired) electrons. The number of carbonyl (C=O) groups excluding carboxylic acids is 3.